The van der Waals surface area contributed by atoms with Crippen molar-refractivity contribution >= 4 is 28.8 Å². The van der Waals surface area contributed by atoms with Crippen molar-refractivity contribution in [3.63, 3.8) is 0 Å². The molecule has 0 fully saturated rings. The summed E-state index contributed by atoms with van der Waals surface area (Å²) in [6, 6.07) is 22.1. The second-order valence-electron chi connectivity index (χ2n) is 7.20. The largest absolute Gasteiger partial charge is 0.497 e. The fraction of sp³-hybridized carbons (Fsp3) is 0.120. The maximum Gasteiger partial charge on any atom is 0.282 e. The normalized spacial score (nSPS) is 13.8. The van der Waals surface area contributed by atoms with Crippen molar-refractivity contribution < 1.29 is 14.3 Å². The van der Waals surface area contributed by atoms with E-state index < -0.39 is 0 Å². The molecule has 0 unspecified atom stereocenters. The average Bonchev–Trinajstić information content (AvgIpc) is 3.00. The number of nitrogens with one attached hydrogen (secondary N) is 1. The highest BCUT2D eigenvalue weighted by molar-refractivity contribution is 6.46. The van der Waals surface area contributed by atoms with Gasteiger partial charge in [-0.25, -0.2) is 4.90 Å². The van der Waals surface area contributed by atoms with Gasteiger partial charge in [0, 0.05) is 5.69 Å². The molecule has 0 aromatic heterocycles. The van der Waals surface area contributed by atoms with E-state index in [1.165, 1.54) is 4.90 Å². The summed E-state index contributed by atoms with van der Waals surface area (Å²) < 4.78 is 5.19. The topological polar surface area (TPSA) is 58.6 Å². The number of carbonyl (C=O) groups excluding carboxylic acids is 2. The molecule has 3 aromatic carbocycles. The number of ether oxygens (including phenoxy) is 1. The summed E-state index contributed by atoms with van der Waals surface area (Å²) in [5, 5.41) is 3.23. The monoisotopic (exact) mass is 398 g/mol. The second-order valence-corrected chi connectivity index (χ2v) is 7.20. The molecule has 0 saturated heterocycles. The molecule has 5 heteroatoms. The number of hydrogen-bond donors (Lipinski definition) is 1. The summed E-state index contributed by atoms with van der Waals surface area (Å²) in [4.78, 5) is 28.0. The zero-order chi connectivity index (χ0) is 21.3. The summed E-state index contributed by atoms with van der Waals surface area (Å²) >= 11 is 0. The zero-order valence-corrected chi connectivity index (χ0v) is 17.1. The van der Waals surface area contributed by atoms with Gasteiger partial charge in [-0.2, -0.15) is 0 Å². The van der Waals surface area contributed by atoms with E-state index in [4.69, 9.17) is 4.74 Å². The Bertz CT molecular complexity index is 1150. The summed E-state index contributed by atoms with van der Waals surface area (Å²) in [6.45, 7) is 3.99. The highest BCUT2D eigenvalue weighted by Crippen LogP contribution is 2.34. The SMILES string of the molecule is COc1ccc(N2C(=O)C(Nc3ccc(C)cc3C)=C(c3ccccc3)C2=O)cc1. The van der Waals surface area contributed by atoms with Gasteiger partial charge in [0.15, 0.2) is 0 Å². The first-order valence-corrected chi connectivity index (χ1v) is 9.66. The van der Waals surface area contributed by atoms with Gasteiger partial charge in [0.25, 0.3) is 11.8 Å². The Morgan fingerprint density at radius 2 is 1.53 bits per heavy atom. The number of carbonyl (C=O) groups is 2. The Hall–Kier alpha value is -3.86. The van der Waals surface area contributed by atoms with E-state index >= 15 is 0 Å². The smallest absolute Gasteiger partial charge is 0.282 e. The lowest BCUT2D eigenvalue weighted by molar-refractivity contribution is -0.120. The number of imide groups is 1. The van der Waals surface area contributed by atoms with Gasteiger partial charge < -0.3 is 10.1 Å². The van der Waals surface area contributed by atoms with E-state index in [2.05, 4.69) is 5.32 Å². The van der Waals surface area contributed by atoms with Crippen LogP contribution in [0.15, 0.2) is 78.5 Å². The Kier molecular flexibility index (Phi) is 5.11. The summed E-state index contributed by atoms with van der Waals surface area (Å²) in [5.41, 5.74) is 4.74. The zero-order valence-electron chi connectivity index (χ0n) is 17.1. The van der Waals surface area contributed by atoms with E-state index in [0.717, 1.165) is 16.8 Å². The van der Waals surface area contributed by atoms with Crippen LogP contribution in [0.25, 0.3) is 5.57 Å². The van der Waals surface area contributed by atoms with Crippen molar-refractivity contribution in [1.29, 1.82) is 0 Å². The molecule has 0 aliphatic carbocycles. The van der Waals surface area contributed by atoms with Crippen LogP contribution in [0.1, 0.15) is 16.7 Å². The van der Waals surface area contributed by atoms with Crippen molar-refractivity contribution in [2.45, 2.75) is 13.8 Å². The van der Waals surface area contributed by atoms with Crippen LogP contribution in [0.4, 0.5) is 11.4 Å². The maximum atomic E-state index is 13.4. The van der Waals surface area contributed by atoms with Crippen molar-refractivity contribution in [1.82, 2.24) is 0 Å². The number of nitrogens with zero attached hydrogens (tertiary/aromatic N) is 1. The van der Waals surface area contributed by atoms with E-state index in [1.54, 1.807) is 31.4 Å². The van der Waals surface area contributed by atoms with Crippen LogP contribution in [0, 0.1) is 13.8 Å². The quantitative estimate of drug-likeness (QED) is 0.633. The third-order valence-corrected chi connectivity index (χ3v) is 5.12. The number of aryl methyl sites for hydroxylation is 2. The van der Waals surface area contributed by atoms with Crippen molar-refractivity contribution in [2.75, 3.05) is 17.3 Å². The molecule has 1 aliphatic rings. The first-order valence-electron chi connectivity index (χ1n) is 9.66. The number of rotatable bonds is 5. The Morgan fingerprint density at radius 3 is 2.17 bits per heavy atom. The number of amides is 2. The molecule has 0 bridgehead atoms. The van der Waals surface area contributed by atoms with Crippen LogP contribution in [0.2, 0.25) is 0 Å². The molecule has 30 heavy (non-hydrogen) atoms. The molecular formula is C25H22N2O3. The summed E-state index contributed by atoms with van der Waals surface area (Å²) in [7, 11) is 1.57. The molecule has 4 rings (SSSR count). The summed E-state index contributed by atoms with van der Waals surface area (Å²) in [6.07, 6.45) is 0. The molecule has 1 aliphatic heterocycles. The van der Waals surface area contributed by atoms with E-state index in [0.29, 0.717) is 22.6 Å². The fourth-order valence-corrected chi connectivity index (χ4v) is 3.57. The van der Waals surface area contributed by atoms with Crippen LogP contribution >= 0.6 is 0 Å². The molecule has 3 aromatic rings. The molecule has 2 amide bonds. The lowest BCUT2D eigenvalue weighted by atomic mass is 10.0. The van der Waals surface area contributed by atoms with E-state index in [1.807, 2.05) is 62.4 Å². The number of anilines is 2. The van der Waals surface area contributed by atoms with Gasteiger partial charge in [0.1, 0.15) is 11.4 Å². The number of methoxy groups -OCH3 is 1. The molecule has 0 spiro atoms. The third-order valence-electron chi connectivity index (χ3n) is 5.12. The molecule has 0 saturated carbocycles. The van der Waals surface area contributed by atoms with Crippen LogP contribution in [0.5, 0.6) is 5.75 Å². The van der Waals surface area contributed by atoms with Crippen molar-refractivity contribution in [3.05, 3.63) is 95.2 Å². The van der Waals surface area contributed by atoms with Gasteiger partial charge in [0.2, 0.25) is 0 Å². The predicted molar refractivity (Wildman–Crippen MR) is 118 cm³/mol. The molecule has 150 valence electrons. The van der Waals surface area contributed by atoms with Crippen molar-refractivity contribution in [3.8, 4) is 5.75 Å². The summed E-state index contributed by atoms with van der Waals surface area (Å²) in [5.74, 6) is -0.0876. The minimum Gasteiger partial charge on any atom is -0.497 e. The second kappa shape index (κ2) is 7.87. The molecule has 1 heterocycles. The highest BCUT2D eigenvalue weighted by atomic mass is 16.5. The van der Waals surface area contributed by atoms with Gasteiger partial charge >= 0.3 is 0 Å². The first kappa shape index (κ1) is 19.5. The minimum absolute atomic E-state index is 0.272. The van der Waals surface area contributed by atoms with Gasteiger partial charge in [0.05, 0.1) is 18.4 Å². The van der Waals surface area contributed by atoms with Crippen LogP contribution in [-0.4, -0.2) is 18.9 Å². The van der Waals surface area contributed by atoms with Crippen LogP contribution in [-0.2, 0) is 9.59 Å². The predicted octanol–water partition coefficient (Wildman–Crippen LogP) is 4.71. The van der Waals surface area contributed by atoms with Crippen molar-refractivity contribution in [2.24, 2.45) is 0 Å². The molecule has 1 N–H and O–H groups in total. The Labute approximate surface area is 175 Å². The van der Waals surface area contributed by atoms with Crippen LogP contribution in [0.3, 0.4) is 0 Å². The average molecular weight is 398 g/mol. The van der Waals surface area contributed by atoms with E-state index in [9.17, 15) is 9.59 Å². The Balaban J connectivity index is 1.80. The molecule has 0 atom stereocenters. The molecule has 5 nitrogen and oxygen atoms in total. The first-order chi connectivity index (χ1) is 14.5. The van der Waals surface area contributed by atoms with Gasteiger partial charge in [-0.05, 0) is 55.3 Å². The maximum absolute atomic E-state index is 13.4. The lowest BCUT2D eigenvalue weighted by Crippen LogP contribution is -2.32. The third kappa shape index (κ3) is 3.46. The highest BCUT2D eigenvalue weighted by Gasteiger charge is 2.40. The van der Waals surface area contributed by atoms with E-state index in [-0.39, 0.29) is 17.5 Å². The minimum atomic E-state index is -0.385. The lowest BCUT2D eigenvalue weighted by Gasteiger charge is -2.16. The molecule has 0 radical (unpaired) electrons. The van der Waals surface area contributed by atoms with Gasteiger partial charge in [-0.15, -0.1) is 0 Å². The fourth-order valence-electron chi connectivity index (χ4n) is 3.57. The number of hydrogen-bond acceptors (Lipinski definition) is 4. The van der Waals surface area contributed by atoms with Gasteiger partial charge in [-0.1, -0.05) is 48.0 Å². The standard InChI is InChI=1S/C25H22N2O3/c1-16-9-14-21(17(2)15-16)26-23-22(18-7-5-4-6-8-18)24(28)27(25(23)29)19-10-12-20(30-3)13-11-19/h4-15,26H,1-3H3. The Morgan fingerprint density at radius 1 is 0.833 bits per heavy atom. The molecular weight excluding hydrogens is 376 g/mol. The van der Waals surface area contributed by atoms with Gasteiger partial charge in [-0.3, -0.25) is 9.59 Å². The number of benzene rings is 3. The van der Waals surface area contributed by atoms with Crippen LogP contribution < -0.4 is 15.0 Å².